The van der Waals surface area contributed by atoms with Gasteiger partial charge in [0.1, 0.15) is 6.10 Å². The first kappa shape index (κ1) is 12.4. The summed E-state index contributed by atoms with van der Waals surface area (Å²) in [5.41, 5.74) is 1.29. The number of amides is 1. The van der Waals surface area contributed by atoms with Gasteiger partial charge in [0.25, 0.3) is 0 Å². The third-order valence-electron chi connectivity index (χ3n) is 2.92. The minimum atomic E-state index is -0.246. The molecule has 2 rings (SSSR count). The zero-order chi connectivity index (χ0) is 12.3. The summed E-state index contributed by atoms with van der Waals surface area (Å²) in [4.78, 5) is 14.7. The van der Waals surface area contributed by atoms with Gasteiger partial charge >= 0.3 is 6.09 Å². The van der Waals surface area contributed by atoms with Crippen LogP contribution in [0.1, 0.15) is 23.5 Å². The molecule has 4 nitrogen and oxygen atoms in total. The molecule has 1 unspecified atom stereocenters. The zero-order valence-electron chi connectivity index (χ0n) is 10.1. The highest BCUT2D eigenvalue weighted by molar-refractivity contribution is 7.10. The molecule has 1 aromatic heterocycles. The molecule has 0 saturated carbocycles. The van der Waals surface area contributed by atoms with Gasteiger partial charge in [-0.1, -0.05) is 0 Å². The molecule has 1 aromatic rings. The molecule has 0 spiro atoms. The van der Waals surface area contributed by atoms with E-state index in [2.05, 4.69) is 11.4 Å². The Morgan fingerprint density at radius 3 is 3.18 bits per heavy atom. The van der Waals surface area contributed by atoms with E-state index in [1.165, 1.54) is 10.4 Å². The number of fused-ring (bicyclic) bond motifs is 1. The third kappa shape index (κ3) is 2.61. The second kappa shape index (κ2) is 5.51. The molecule has 5 heteroatoms. The number of hydrogen-bond donors (Lipinski definition) is 0. The lowest BCUT2D eigenvalue weighted by Crippen LogP contribution is -2.35. The van der Waals surface area contributed by atoms with E-state index in [9.17, 15) is 4.79 Å². The van der Waals surface area contributed by atoms with Crippen LogP contribution in [0.2, 0.25) is 0 Å². The van der Waals surface area contributed by atoms with Crippen molar-refractivity contribution < 1.29 is 14.3 Å². The van der Waals surface area contributed by atoms with Crippen molar-refractivity contribution in [3.8, 4) is 0 Å². The Morgan fingerprint density at radius 2 is 2.47 bits per heavy atom. The molecule has 0 N–H and O–H groups in total. The van der Waals surface area contributed by atoms with Crippen molar-refractivity contribution in [1.29, 1.82) is 0 Å². The van der Waals surface area contributed by atoms with Crippen LogP contribution in [0.25, 0.3) is 0 Å². The maximum atomic E-state index is 11.7. The quantitative estimate of drug-likeness (QED) is 0.814. The fourth-order valence-electron chi connectivity index (χ4n) is 2.03. The number of ether oxygens (including phenoxy) is 2. The Bertz CT molecular complexity index is 391. The van der Waals surface area contributed by atoms with Crippen LogP contribution in [0.15, 0.2) is 11.4 Å². The molecule has 0 aromatic carbocycles. The Morgan fingerprint density at radius 1 is 1.65 bits per heavy atom. The van der Waals surface area contributed by atoms with Gasteiger partial charge in [0, 0.05) is 18.5 Å². The molecule has 0 aliphatic carbocycles. The van der Waals surface area contributed by atoms with E-state index >= 15 is 0 Å². The van der Waals surface area contributed by atoms with Crippen LogP contribution >= 0.6 is 11.3 Å². The molecule has 17 heavy (non-hydrogen) atoms. The zero-order valence-corrected chi connectivity index (χ0v) is 11.0. The van der Waals surface area contributed by atoms with Gasteiger partial charge in [-0.2, -0.15) is 0 Å². The number of hydrogen-bond acceptors (Lipinski definition) is 4. The standard InChI is InChI=1S/C12H17NO3S/c1-3-16-12(14)13-6-4-9-5-7-17-11(9)10(8-13)15-2/h5,7,10H,3-4,6,8H2,1-2H3. The molecule has 0 saturated heterocycles. The van der Waals surface area contributed by atoms with Crippen molar-refractivity contribution >= 4 is 17.4 Å². The van der Waals surface area contributed by atoms with Crippen LogP contribution in [0, 0.1) is 0 Å². The molecule has 0 fully saturated rings. The second-order valence-electron chi connectivity index (χ2n) is 3.93. The lowest BCUT2D eigenvalue weighted by molar-refractivity contribution is 0.0564. The van der Waals surface area contributed by atoms with Gasteiger partial charge in [-0.3, -0.25) is 0 Å². The van der Waals surface area contributed by atoms with Crippen molar-refractivity contribution in [3.05, 3.63) is 21.9 Å². The average molecular weight is 255 g/mol. The predicted molar refractivity (Wildman–Crippen MR) is 66.4 cm³/mol. The number of carbonyl (C=O) groups is 1. The Hall–Kier alpha value is -1.07. The minimum absolute atomic E-state index is 0.0306. The molecule has 1 aliphatic rings. The molecule has 1 aliphatic heterocycles. The summed E-state index contributed by atoms with van der Waals surface area (Å²) >= 11 is 1.69. The highest BCUT2D eigenvalue weighted by Crippen LogP contribution is 2.30. The second-order valence-corrected chi connectivity index (χ2v) is 4.88. The number of nitrogens with zero attached hydrogens (tertiary/aromatic N) is 1. The normalized spacial score (nSPS) is 19.6. The smallest absolute Gasteiger partial charge is 0.409 e. The number of carbonyl (C=O) groups excluding carboxylic acids is 1. The van der Waals surface area contributed by atoms with E-state index in [0.29, 0.717) is 19.7 Å². The van der Waals surface area contributed by atoms with Crippen molar-refractivity contribution in [2.24, 2.45) is 0 Å². The monoisotopic (exact) mass is 255 g/mol. The Balaban J connectivity index is 2.13. The molecule has 0 radical (unpaired) electrons. The van der Waals surface area contributed by atoms with Crippen molar-refractivity contribution in [3.63, 3.8) is 0 Å². The van der Waals surface area contributed by atoms with Gasteiger partial charge in [-0.15, -0.1) is 11.3 Å². The molecule has 1 amide bonds. The fraction of sp³-hybridized carbons (Fsp3) is 0.583. The molecule has 0 bridgehead atoms. The largest absolute Gasteiger partial charge is 0.450 e. The first-order chi connectivity index (χ1) is 8.26. The minimum Gasteiger partial charge on any atom is -0.450 e. The van der Waals surface area contributed by atoms with Crippen molar-refractivity contribution in [2.45, 2.75) is 19.4 Å². The fourth-order valence-corrected chi connectivity index (χ4v) is 3.05. The molecular formula is C12H17NO3S. The van der Waals surface area contributed by atoms with Gasteiger partial charge in [-0.05, 0) is 30.4 Å². The molecule has 2 heterocycles. The SMILES string of the molecule is CCOC(=O)N1CCc2ccsc2C(OC)C1. The van der Waals surface area contributed by atoms with Crippen LogP contribution in [-0.2, 0) is 15.9 Å². The highest BCUT2D eigenvalue weighted by Gasteiger charge is 2.27. The summed E-state index contributed by atoms with van der Waals surface area (Å²) in [7, 11) is 1.68. The van der Waals surface area contributed by atoms with E-state index in [-0.39, 0.29) is 12.2 Å². The molecule has 1 atom stereocenters. The summed E-state index contributed by atoms with van der Waals surface area (Å²) in [5.74, 6) is 0. The van der Waals surface area contributed by atoms with Gasteiger partial charge < -0.3 is 14.4 Å². The topological polar surface area (TPSA) is 38.8 Å². The number of thiophene rings is 1. The van der Waals surface area contributed by atoms with E-state index in [4.69, 9.17) is 9.47 Å². The van der Waals surface area contributed by atoms with Gasteiger partial charge in [0.05, 0.1) is 13.2 Å². The first-order valence-corrected chi connectivity index (χ1v) is 6.65. The summed E-state index contributed by atoms with van der Waals surface area (Å²) in [6, 6.07) is 2.11. The van der Waals surface area contributed by atoms with E-state index < -0.39 is 0 Å². The lowest BCUT2D eigenvalue weighted by atomic mass is 10.1. The third-order valence-corrected chi connectivity index (χ3v) is 3.97. The summed E-state index contributed by atoms with van der Waals surface area (Å²) in [5, 5.41) is 2.08. The average Bonchev–Trinajstić information content (AvgIpc) is 2.71. The predicted octanol–water partition coefficient (Wildman–Crippen LogP) is 2.45. The highest BCUT2D eigenvalue weighted by atomic mass is 32.1. The summed E-state index contributed by atoms with van der Waals surface area (Å²) in [6.07, 6.45) is 0.596. The van der Waals surface area contributed by atoms with Crippen LogP contribution in [0.4, 0.5) is 4.79 Å². The maximum absolute atomic E-state index is 11.7. The summed E-state index contributed by atoms with van der Waals surface area (Å²) < 4.78 is 10.5. The molecular weight excluding hydrogens is 238 g/mol. The molecule has 94 valence electrons. The van der Waals surface area contributed by atoms with Gasteiger partial charge in [0.2, 0.25) is 0 Å². The van der Waals surface area contributed by atoms with Crippen molar-refractivity contribution in [1.82, 2.24) is 4.90 Å². The lowest BCUT2D eigenvalue weighted by Gasteiger charge is -2.22. The first-order valence-electron chi connectivity index (χ1n) is 5.77. The van der Waals surface area contributed by atoms with Crippen LogP contribution in [0.5, 0.6) is 0 Å². The Labute approximate surface area is 105 Å². The number of rotatable bonds is 2. The van der Waals surface area contributed by atoms with Gasteiger partial charge in [-0.25, -0.2) is 4.79 Å². The van der Waals surface area contributed by atoms with Gasteiger partial charge in [0.15, 0.2) is 0 Å². The van der Waals surface area contributed by atoms with E-state index in [1.54, 1.807) is 23.3 Å². The maximum Gasteiger partial charge on any atom is 0.409 e. The number of methoxy groups -OCH3 is 1. The van der Waals surface area contributed by atoms with E-state index in [1.807, 2.05) is 6.92 Å². The Kier molecular flexibility index (Phi) is 4.02. The van der Waals surface area contributed by atoms with Crippen molar-refractivity contribution in [2.75, 3.05) is 26.8 Å². The summed E-state index contributed by atoms with van der Waals surface area (Å²) in [6.45, 7) is 3.50. The van der Waals surface area contributed by atoms with Crippen LogP contribution in [0.3, 0.4) is 0 Å². The van der Waals surface area contributed by atoms with Crippen LogP contribution in [-0.4, -0.2) is 37.8 Å². The van der Waals surface area contributed by atoms with E-state index in [0.717, 1.165) is 6.42 Å². The van der Waals surface area contributed by atoms with Crippen LogP contribution < -0.4 is 0 Å².